The maximum Gasteiger partial charge on any atom is 0.340 e. The third kappa shape index (κ3) is 3.45. The van der Waals surface area contributed by atoms with E-state index < -0.39 is 5.97 Å². The van der Waals surface area contributed by atoms with Crippen LogP contribution in [0.5, 0.6) is 5.75 Å². The minimum atomic E-state index is -0.415. The van der Waals surface area contributed by atoms with Crippen LogP contribution in [0.25, 0.3) is 0 Å². The fourth-order valence-corrected chi connectivity index (χ4v) is 1.94. The normalized spacial score (nSPS) is 10.0. The molecule has 0 bridgehead atoms. The zero-order chi connectivity index (χ0) is 15.2. The molecule has 0 radical (unpaired) electrons. The first-order valence-corrected chi connectivity index (χ1v) is 6.62. The summed E-state index contributed by atoms with van der Waals surface area (Å²) in [5.74, 6) is 0.270. The number of hydrogen-bond acceptors (Lipinski definition) is 5. The van der Waals surface area contributed by atoms with Crippen molar-refractivity contribution in [2.75, 3.05) is 24.8 Å². The highest BCUT2D eigenvalue weighted by atomic mass is 16.5. The number of methoxy groups -OCH3 is 1. The van der Waals surface area contributed by atoms with Crippen LogP contribution >= 0.6 is 0 Å². The van der Waals surface area contributed by atoms with Gasteiger partial charge in [0.05, 0.1) is 30.7 Å². The van der Waals surface area contributed by atoms with E-state index >= 15 is 0 Å². The summed E-state index contributed by atoms with van der Waals surface area (Å²) >= 11 is 0. The fraction of sp³-hybridized carbons (Fsp3) is 0.188. The molecule has 0 saturated heterocycles. The van der Waals surface area contributed by atoms with Gasteiger partial charge in [-0.15, -0.1) is 0 Å². The highest BCUT2D eigenvalue weighted by Gasteiger charge is 2.14. The van der Waals surface area contributed by atoms with E-state index in [1.54, 1.807) is 32.2 Å². The Hall–Kier alpha value is -2.69. The molecule has 2 rings (SSSR count). The van der Waals surface area contributed by atoms with Crippen molar-refractivity contribution in [3.63, 3.8) is 0 Å². The van der Waals surface area contributed by atoms with Crippen LogP contribution in [0.15, 0.2) is 42.5 Å². The summed E-state index contributed by atoms with van der Waals surface area (Å²) < 4.78 is 10.3. The smallest absolute Gasteiger partial charge is 0.340 e. The van der Waals surface area contributed by atoms with Gasteiger partial charge < -0.3 is 20.5 Å². The van der Waals surface area contributed by atoms with Gasteiger partial charge in [0.2, 0.25) is 0 Å². The molecule has 0 aromatic heterocycles. The molecule has 5 heteroatoms. The Morgan fingerprint density at radius 2 is 1.95 bits per heavy atom. The number of esters is 1. The van der Waals surface area contributed by atoms with E-state index in [0.717, 1.165) is 5.69 Å². The fourth-order valence-electron chi connectivity index (χ4n) is 1.94. The standard InChI is InChI=1S/C16H18N2O3/c1-3-21-16(19)12-10-11(17)8-9-13(12)18-14-6-4-5-7-15(14)20-2/h4-10,18H,3,17H2,1-2H3. The topological polar surface area (TPSA) is 73.6 Å². The Morgan fingerprint density at radius 3 is 2.67 bits per heavy atom. The molecule has 0 aliphatic heterocycles. The minimum Gasteiger partial charge on any atom is -0.495 e. The third-order valence-electron chi connectivity index (χ3n) is 2.92. The number of nitrogens with two attached hydrogens (primary N) is 1. The summed E-state index contributed by atoms with van der Waals surface area (Å²) in [5.41, 5.74) is 8.02. The summed E-state index contributed by atoms with van der Waals surface area (Å²) in [6.45, 7) is 2.07. The van der Waals surface area contributed by atoms with Crippen molar-refractivity contribution >= 4 is 23.0 Å². The van der Waals surface area contributed by atoms with Crippen molar-refractivity contribution in [2.45, 2.75) is 6.92 Å². The summed E-state index contributed by atoms with van der Waals surface area (Å²) in [7, 11) is 1.59. The summed E-state index contributed by atoms with van der Waals surface area (Å²) in [5, 5.41) is 3.18. The zero-order valence-electron chi connectivity index (χ0n) is 12.1. The second-order valence-corrected chi connectivity index (χ2v) is 4.35. The zero-order valence-corrected chi connectivity index (χ0v) is 12.1. The van der Waals surface area contributed by atoms with Gasteiger partial charge in [-0.05, 0) is 37.3 Å². The van der Waals surface area contributed by atoms with Gasteiger partial charge in [-0.1, -0.05) is 12.1 Å². The van der Waals surface area contributed by atoms with Crippen molar-refractivity contribution < 1.29 is 14.3 Å². The Bertz CT molecular complexity index is 641. The Morgan fingerprint density at radius 1 is 1.19 bits per heavy atom. The molecule has 5 nitrogen and oxygen atoms in total. The lowest BCUT2D eigenvalue weighted by molar-refractivity contribution is 0.0527. The summed E-state index contributed by atoms with van der Waals surface area (Å²) in [4.78, 5) is 12.0. The van der Waals surface area contributed by atoms with Gasteiger partial charge in [0.1, 0.15) is 5.75 Å². The molecule has 21 heavy (non-hydrogen) atoms. The average molecular weight is 286 g/mol. The average Bonchev–Trinajstić information content (AvgIpc) is 2.49. The molecule has 2 aromatic rings. The van der Waals surface area contributed by atoms with E-state index in [4.69, 9.17) is 15.2 Å². The van der Waals surface area contributed by atoms with Crippen LogP contribution < -0.4 is 15.8 Å². The minimum absolute atomic E-state index is 0.307. The van der Waals surface area contributed by atoms with Gasteiger partial charge in [0.15, 0.2) is 0 Å². The molecule has 2 aromatic carbocycles. The number of nitrogen functional groups attached to an aromatic ring is 1. The van der Waals surface area contributed by atoms with E-state index in [0.29, 0.717) is 29.3 Å². The van der Waals surface area contributed by atoms with Gasteiger partial charge in [-0.3, -0.25) is 0 Å². The lowest BCUT2D eigenvalue weighted by atomic mass is 10.1. The predicted molar refractivity (Wildman–Crippen MR) is 83.1 cm³/mol. The molecule has 0 saturated carbocycles. The molecule has 0 heterocycles. The second-order valence-electron chi connectivity index (χ2n) is 4.35. The monoisotopic (exact) mass is 286 g/mol. The van der Waals surface area contributed by atoms with Crippen LogP contribution in [0.3, 0.4) is 0 Å². The van der Waals surface area contributed by atoms with Crippen LogP contribution in [0.4, 0.5) is 17.1 Å². The number of anilines is 3. The lowest BCUT2D eigenvalue weighted by Gasteiger charge is -2.14. The lowest BCUT2D eigenvalue weighted by Crippen LogP contribution is -2.09. The molecule has 0 atom stereocenters. The molecule has 110 valence electrons. The number of ether oxygens (including phenoxy) is 2. The molecular weight excluding hydrogens is 268 g/mol. The molecule has 3 N–H and O–H groups in total. The Balaban J connectivity index is 2.37. The first-order chi connectivity index (χ1) is 10.2. The highest BCUT2D eigenvalue weighted by Crippen LogP contribution is 2.29. The quantitative estimate of drug-likeness (QED) is 0.652. The van der Waals surface area contributed by atoms with Crippen molar-refractivity contribution in [3.8, 4) is 5.75 Å². The number of hydrogen-bond donors (Lipinski definition) is 2. The van der Waals surface area contributed by atoms with Gasteiger partial charge in [-0.2, -0.15) is 0 Å². The predicted octanol–water partition coefficient (Wildman–Crippen LogP) is 3.20. The van der Waals surface area contributed by atoms with Gasteiger partial charge in [-0.25, -0.2) is 4.79 Å². The number of rotatable bonds is 5. The summed E-state index contributed by atoms with van der Waals surface area (Å²) in [6, 6.07) is 12.5. The van der Waals surface area contributed by atoms with Gasteiger partial charge in [0.25, 0.3) is 0 Å². The second kappa shape index (κ2) is 6.65. The Kier molecular flexibility index (Phi) is 4.66. The van der Waals surface area contributed by atoms with E-state index in [9.17, 15) is 4.79 Å². The largest absolute Gasteiger partial charge is 0.495 e. The number of para-hydroxylation sites is 2. The van der Waals surface area contributed by atoms with Crippen LogP contribution in [-0.2, 0) is 4.74 Å². The van der Waals surface area contributed by atoms with Crippen molar-refractivity contribution in [3.05, 3.63) is 48.0 Å². The van der Waals surface area contributed by atoms with E-state index in [1.807, 2.05) is 24.3 Å². The van der Waals surface area contributed by atoms with E-state index in [-0.39, 0.29) is 0 Å². The van der Waals surface area contributed by atoms with Crippen molar-refractivity contribution in [2.24, 2.45) is 0 Å². The third-order valence-corrected chi connectivity index (χ3v) is 2.92. The highest BCUT2D eigenvalue weighted by molar-refractivity contribution is 5.97. The maximum atomic E-state index is 12.0. The molecule has 0 fully saturated rings. The molecule has 0 aliphatic rings. The van der Waals surface area contributed by atoms with E-state index in [2.05, 4.69) is 5.32 Å². The number of carbonyl (C=O) groups is 1. The molecule has 0 spiro atoms. The van der Waals surface area contributed by atoms with Crippen molar-refractivity contribution in [1.29, 1.82) is 0 Å². The number of carbonyl (C=O) groups excluding carboxylic acids is 1. The maximum absolute atomic E-state index is 12.0. The van der Waals surface area contributed by atoms with E-state index in [1.165, 1.54) is 0 Å². The van der Waals surface area contributed by atoms with Crippen LogP contribution in [-0.4, -0.2) is 19.7 Å². The van der Waals surface area contributed by atoms with Crippen LogP contribution in [0.2, 0.25) is 0 Å². The Labute approximate surface area is 123 Å². The van der Waals surface area contributed by atoms with Gasteiger partial charge in [0, 0.05) is 5.69 Å². The van der Waals surface area contributed by atoms with Crippen LogP contribution in [0.1, 0.15) is 17.3 Å². The summed E-state index contributed by atoms with van der Waals surface area (Å²) in [6.07, 6.45) is 0. The number of nitrogens with one attached hydrogen (secondary N) is 1. The SMILES string of the molecule is CCOC(=O)c1cc(N)ccc1Nc1ccccc1OC. The number of benzene rings is 2. The van der Waals surface area contributed by atoms with Crippen LogP contribution in [0, 0.1) is 0 Å². The molecule has 0 unspecified atom stereocenters. The first kappa shape index (κ1) is 14.7. The van der Waals surface area contributed by atoms with Crippen molar-refractivity contribution in [1.82, 2.24) is 0 Å². The molecular formula is C16H18N2O3. The first-order valence-electron chi connectivity index (χ1n) is 6.62. The molecule has 0 aliphatic carbocycles. The molecule has 0 amide bonds. The van der Waals surface area contributed by atoms with Gasteiger partial charge >= 0.3 is 5.97 Å².